The van der Waals surface area contributed by atoms with E-state index in [0.29, 0.717) is 13.3 Å². The van der Waals surface area contributed by atoms with Crippen molar-refractivity contribution in [2.24, 2.45) is 5.92 Å². The van der Waals surface area contributed by atoms with Gasteiger partial charge >= 0.3 is 5.97 Å². The number of esters is 1. The summed E-state index contributed by atoms with van der Waals surface area (Å²) in [6, 6.07) is 11.7. The quantitative estimate of drug-likeness (QED) is 0.279. The van der Waals surface area contributed by atoms with E-state index in [9.17, 15) is 4.79 Å². The Labute approximate surface area is 186 Å². The van der Waals surface area contributed by atoms with Crippen molar-refractivity contribution in [1.82, 2.24) is 4.57 Å². The summed E-state index contributed by atoms with van der Waals surface area (Å²) in [4.78, 5) is 12.5. The van der Waals surface area contributed by atoms with Crippen LogP contribution in [0.1, 0.15) is 31.9 Å². The molecule has 1 aromatic heterocycles. The fourth-order valence-electron chi connectivity index (χ4n) is 4.37. The monoisotopic (exact) mass is 441 g/mol. The zero-order valence-electron chi connectivity index (χ0n) is 19.2. The summed E-state index contributed by atoms with van der Waals surface area (Å²) >= 11 is 0. The van der Waals surface area contributed by atoms with Gasteiger partial charge in [-0.15, -0.1) is 0 Å². The van der Waals surface area contributed by atoms with Gasteiger partial charge in [-0.1, -0.05) is 57.3 Å². The smallest absolute Gasteiger partial charge is 0.316 e. The molecular weight excluding hydrogens is 406 g/mol. The van der Waals surface area contributed by atoms with Gasteiger partial charge < -0.3 is 18.8 Å². The number of hydrogen-bond donors (Lipinski definition) is 0. The highest BCUT2D eigenvalue weighted by Gasteiger charge is 2.45. The van der Waals surface area contributed by atoms with Gasteiger partial charge in [0.2, 0.25) is 0 Å². The van der Waals surface area contributed by atoms with Gasteiger partial charge in [-0.05, 0) is 24.6 Å². The van der Waals surface area contributed by atoms with Gasteiger partial charge in [-0.2, -0.15) is 0 Å². The van der Waals surface area contributed by atoms with Crippen molar-refractivity contribution < 1.29 is 19.0 Å². The van der Waals surface area contributed by atoms with Gasteiger partial charge in [0.15, 0.2) is 0 Å². The standard InChI is InChI=1S/C25H35NO4Si/c1-5-6-11-29-23-16-24-19(15-20(23)25(27)30-24)22-14-18-9-7-8-10-21(18)26(22)17-28-12-13-31(2,3)4/h7-10,14-15,20,23-24H,5-6,11-13,16-17H2,1-4H3/t20?,23-,24?/m1/s1. The molecule has 1 aliphatic carbocycles. The van der Waals surface area contributed by atoms with E-state index < -0.39 is 8.07 Å². The van der Waals surface area contributed by atoms with Crippen LogP contribution < -0.4 is 0 Å². The molecule has 1 aromatic carbocycles. The first-order chi connectivity index (χ1) is 14.9. The second-order valence-electron chi connectivity index (χ2n) is 9.94. The van der Waals surface area contributed by atoms with Crippen LogP contribution in [0.4, 0.5) is 0 Å². The highest BCUT2D eigenvalue weighted by atomic mass is 28.3. The molecule has 1 fully saturated rings. The van der Waals surface area contributed by atoms with Crippen LogP contribution >= 0.6 is 0 Å². The van der Waals surface area contributed by atoms with Crippen LogP contribution in [0.5, 0.6) is 0 Å². The number of carbonyl (C=O) groups is 1. The summed E-state index contributed by atoms with van der Waals surface area (Å²) in [5.41, 5.74) is 3.32. The lowest BCUT2D eigenvalue weighted by Crippen LogP contribution is -2.46. The Morgan fingerprint density at radius 2 is 2.00 bits per heavy atom. The van der Waals surface area contributed by atoms with E-state index >= 15 is 0 Å². The predicted octanol–water partition coefficient (Wildman–Crippen LogP) is 5.47. The van der Waals surface area contributed by atoms with Crippen molar-refractivity contribution in [3.8, 4) is 0 Å². The average molecular weight is 442 g/mol. The maximum Gasteiger partial charge on any atom is 0.316 e. The molecule has 0 N–H and O–H groups in total. The number of fused-ring (bicyclic) bond motifs is 3. The lowest BCUT2D eigenvalue weighted by atomic mass is 9.81. The summed E-state index contributed by atoms with van der Waals surface area (Å²) in [6.45, 7) is 11.2. The Morgan fingerprint density at radius 1 is 1.19 bits per heavy atom. The minimum atomic E-state index is -1.14. The number of rotatable bonds is 10. The molecule has 3 aliphatic rings. The van der Waals surface area contributed by atoms with Crippen molar-refractivity contribution in [1.29, 1.82) is 0 Å². The first-order valence-corrected chi connectivity index (χ1v) is 15.3. The molecule has 5 rings (SSSR count). The molecule has 5 nitrogen and oxygen atoms in total. The van der Waals surface area contributed by atoms with Crippen LogP contribution in [0.25, 0.3) is 16.5 Å². The molecule has 2 aliphatic heterocycles. The van der Waals surface area contributed by atoms with Crippen LogP contribution in [-0.4, -0.2) is 44.0 Å². The Bertz CT molecular complexity index is 958. The lowest BCUT2D eigenvalue weighted by molar-refractivity contribution is -0.167. The fraction of sp³-hybridized carbons (Fsp3) is 0.560. The minimum Gasteiger partial charge on any atom is -0.457 e. The third-order valence-electron chi connectivity index (χ3n) is 6.24. The normalized spacial score (nSPS) is 23.3. The topological polar surface area (TPSA) is 49.7 Å². The molecule has 168 valence electrons. The molecule has 3 atom stereocenters. The van der Waals surface area contributed by atoms with Gasteiger partial charge in [-0.25, -0.2) is 0 Å². The maximum atomic E-state index is 12.5. The molecule has 2 unspecified atom stereocenters. The summed E-state index contributed by atoms with van der Waals surface area (Å²) in [7, 11) is -1.14. The van der Waals surface area contributed by atoms with E-state index in [4.69, 9.17) is 14.2 Å². The van der Waals surface area contributed by atoms with Gasteiger partial charge in [-0.3, -0.25) is 4.79 Å². The highest BCUT2D eigenvalue weighted by Crippen LogP contribution is 2.41. The molecule has 0 amide bonds. The molecule has 31 heavy (non-hydrogen) atoms. The largest absolute Gasteiger partial charge is 0.457 e. The van der Waals surface area contributed by atoms with Crippen molar-refractivity contribution in [2.45, 2.75) is 70.8 Å². The summed E-state index contributed by atoms with van der Waals surface area (Å²) in [5, 5.41) is 1.18. The Morgan fingerprint density at radius 3 is 2.74 bits per heavy atom. The fourth-order valence-corrected chi connectivity index (χ4v) is 5.12. The molecule has 6 heteroatoms. The van der Waals surface area contributed by atoms with Crippen molar-refractivity contribution in [3.05, 3.63) is 42.1 Å². The van der Waals surface area contributed by atoms with Gasteiger partial charge in [0.25, 0.3) is 0 Å². The van der Waals surface area contributed by atoms with Crippen LogP contribution in [0.15, 0.2) is 36.4 Å². The second kappa shape index (κ2) is 9.31. The number of benzene rings is 1. The van der Waals surface area contributed by atoms with Crippen molar-refractivity contribution in [3.63, 3.8) is 0 Å². The number of aromatic nitrogens is 1. The lowest BCUT2D eigenvalue weighted by Gasteiger charge is -2.40. The summed E-state index contributed by atoms with van der Waals surface area (Å²) in [6.07, 6.45) is 4.58. The Kier molecular flexibility index (Phi) is 6.70. The van der Waals surface area contributed by atoms with E-state index in [1.54, 1.807) is 0 Å². The highest BCUT2D eigenvalue weighted by molar-refractivity contribution is 6.76. The van der Waals surface area contributed by atoms with Gasteiger partial charge in [0, 0.05) is 38.7 Å². The number of carbonyl (C=O) groups excluding carboxylic acids is 1. The van der Waals surface area contributed by atoms with E-state index in [1.165, 1.54) is 5.39 Å². The first-order valence-electron chi connectivity index (χ1n) is 11.6. The predicted molar refractivity (Wildman–Crippen MR) is 127 cm³/mol. The molecular formula is C25H35NO4Si. The third kappa shape index (κ3) is 4.97. The van der Waals surface area contributed by atoms with Crippen LogP contribution in [0, 0.1) is 5.92 Å². The maximum absolute atomic E-state index is 12.5. The van der Waals surface area contributed by atoms with Crippen molar-refractivity contribution in [2.75, 3.05) is 13.2 Å². The molecule has 0 radical (unpaired) electrons. The SMILES string of the molecule is CCCCO[C@@H]1CC2OC(=O)C1C=C2c1cc2ccccc2n1COCC[Si](C)(C)C. The molecule has 1 saturated heterocycles. The number of unbranched alkanes of at least 4 members (excludes halogenated alkanes) is 1. The van der Waals surface area contributed by atoms with Crippen LogP contribution in [0.2, 0.25) is 25.7 Å². The zero-order chi connectivity index (χ0) is 22.0. The molecule has 0 saturated carbocycles. The molecule has 2 aromatic rings. The second-order valence-corrected chi connectivity index (χ2v) is 15.6. The van der Waals surface area contributed by atoms with Crippen LogP contribution in [0.3, 0.4) is 0 Å². The van der Waals surface area contributed by atoms with Gasteiger partial charge in [0.05, 0.1) is 17.3 Å². The third-order valence-corrected chi connectivity index (χ3v) is 7.94. The average Bonchev–Trinajstić information content (AvgIpc) is 3.09. The number of ether oxygens (including phenoxy) is 3. The number of hydrogen-bond acceptors (Lipinski definition) is 4. The van der Waals surface area contributed by atoms with E-state index in [2.05, 4.69) is 67.5 Å². The Hall–Kier alpha value is -1.89. The molecule has 2 bridgehead atoms. The van der Waals surface area contributed by atoms with Crippen LogP contribution in [-0.2, 0) is 25.7 Å². The zero-order valence-corrected chi connectivity index (χ0v) is 20.2. The molecule has 3 heterocycles. The summed E-state index contributed by atoms with van der Waals surface area (Å²) in [5.74, 6) is -0.480. The van der Waals surface area contributed by atoms with Gasteiger partial charge in [0.1, 0.15) is 18.8 Å². The number of nitrogens with zero attached hydrogens (tertiary/aromatic N) is 1. The first kappa shape index (κ1) is 22.3. The van der Waals surface area contributed by atoms with E-state index in [1.807, 2.05) is 0 Å². The minimum absolute atomic E-state index is 0.0765. The molecule has 0 spiro atoms. The van der Waals surface area contributed by atoms with Crippen molar-refractivity contribution >= 4 is 30.5 Å². The van der Waals surface area contributed by atoms with E-state index in [0.717, 1.165) is 48.7 Å². The summed E-state index contributed by atoms with van der Waals surface area (Å²) < 4.78 is 20.2. The Balaban J connectivity index is 1.59. The number of para-hydroxylation sites is 1. The van der Waals surface area contributed by atoms with E-state index in [-0.39, 0.29) is 24.1 Å².